The zero-order chi connectivity index (χ0) is 15.2. The van der Waals surface area contributed by atoms with Crippen molar-refractivity contribution in [3.05, 3.63) is 18.4 Å². The third kappa shape index (κ3) is 3.87. The first-order valence-electron chi connectivity index (χ1n) is 7.01. The smallest absolute Gasteiger partial charge is 0.230 e. The first kappa shape index (κ1) is 15.6. The van der Waals surface area contributed by atoms with Gasteiger partial charge in [0.15, 0.2) is 16.7 Å². The van der Waals surface area contributed by atoms with Crippen molar-refractivity contribution in [1.82, 2.24) is 20.1 Å². The molecule has 0 spiro atoms. The van der Waals surface area contributed by atoms with Crippen molar-refractivity contribution < 1.29 is 9.21 Å². The summed E-state index contributed by atoms with van der Waals surface area (Å²) in [5, 5.41) is 11.9. The van der Waals surface area contributed by atoms with Crippen LogP contribution < -0.4 is 5.32 Å². The van der Waals surface area contributed by atoms with Crippen LogP contribution >= 0.6 is 11.8 Å². The Hall–Kier alpha value is -1.76. The van der Waals surface area contributed by atoms with E-state index in [9.17, 15) is 4.79 Å². The number of nitrogens with zero attached hydrogens (tertiary/aromatic N) is 3. The largest absolute Gasteiger partial charge is 0.461 e. The second-order valence-corrected chi connectivity index (χ2v) is 5.65. The molecule has 2 rings (SSSR count). The molecule has 2 aromatic rings. The molecule has 0 aliphatic rings. The van der Waals surface area contributed by atoms with Gasteiger partial charge in [-0.3, -0.25) is 4.79 Å². The Morgan fingerprint density at radius 2 is 2.19 bits per heavy atom. The monoisotopic (exact) mass is 308 g/mol. The lowest BCUT2D eigenvalue weighted by molar-refractivity contribution is -0.119. The number of thioether (sulfide) groups is 1. The molecule has 0 bridgehead atoms. The first-order valence-corrected chi connectivity index (χ1v) is 7.99. The lowest BCUT2D eigenvalue weighted by Gasteiger charge is -2.14. The Balaban J connectivity index is 1.94. The van der Waals surface area contributed by atoms with E-state index in [-0.39, 0.29) is 11.9 Å². The minimum Gasteiger partial charge on any atom is -0.461 e. The molecular weight excluding hydrogens is 288 g/mol. The van der Waals surface area contributed by atoms with E-state index in [0.29, 0.717) is 22.5 Å². The van der Waals surface area contributed by atoms with E-state index in [4.69, 9.17) is 4.42 Å². The predicted molar refractivity (Wildman–Crippen MR) is 81.9 cm³/mol. The van der Waals surface area contributed by atoms with Crippen LogP contribution in [0.4, 0.5) is 0 Å². The van der Waals surface area contributed by atoms with Crippen molar-refractivity contribution in [3.8, 4) is 11.6 Å². The molecule has 0 aliphatic heterocycles. The number of carbonyl (C=O) groups is 1. The van der Waals surface area contributed by atoms with Gasteiger partial charge in [-0.2, -0.15) is 0 Å². The third-order valence-corrected chi connectivity index (χ3v) is 4.28. The summed E-state index contributed by atoms with van der Waals surface area (Å²) < 4.78 is 7.14. The Bertz CT molecular complexity index is 576. The SMILES string of the molecule is CCC(CC)NC(=O)CSc1nnc(-c2ccco2)n1C. The van der Waals surface area contributed by atoms with Gasteiger partial charge >= 0.3 is 0 Å². The maximum Gasteiger partial charge on any atom is 0.230 e. The van der Waals surface area contributed by atoms with Gasteiger partial charge in [-0.25, -0.2) is 0 Å². The number of aromatic nitrogens is 3. The Morgan fingerprint density at radius 3 is 2.81 bits per heavy atom. The highest BCUT2D eigenvalue weighted by Crippen LogP contribution is 2.22. The van der Waals surface area contributed by atoms with Crippen LogP contribution in [0.3, 0.4) is 0 Å². The summed E-state index contributed by atoms with van der Waals surface area (Å²) in [5.41, 5.74) is 0. The van der Waals surface area contributed by atoms with E-state index in [2.05, 4.69) is 29.4 Å². The lowest BCUT2D eigenvalue weighted by Crippen LogP contribution is -2.35. The number of furan rings is 1. The zero-order valence-electron chi connectivity index (χ0n) is 12.5. The fourth-order valence-electron chi connectivity index (χ4n) is 1.95. The molecule has 0 radical (unpaired) electrons. The van der Waals surface area contributed by atoms with Gasteiger partial charge in [0, 0.05) is 13.1 Å². The lowest BCUT2D eigenvalue weighted by atomic mass is 10.2. The van der Waals surface area contributed by atoms with Gasteiger partial charge in [0.1, 0.15) is 0 Å². The molecule has 6 nitrogen and oxygen atoms in total. The fraction of sp³-hybridized carbons (Fsp3) is 0.500. The molecule has 114 valence electrons. The van der Waals surface area contributed by atoms with E-state index in [0.717, 1.165) is 12.8 Å². The molecular formula is C14H20N4O2S. The molecule has 0 aliphatic carbocycles. The summed E-state index contributed by atoms with van der Waals surface area (Å²) in [7, 11) is 1.86. The van der Waals surface area contributed by atoms with Crippen LogP contribution in [0.25, 0.3) is 11.6 Å². The number of carbonyl (C=O) groups excluding carboxylic acids is 1. The number of amides is 1. The summed E-state index contributed by atoms with van der Waals surface area (Å²) in [4.78, 5) is 11.9. The fourth-order valence-corrected chi connectivity index (χ4v) is 2.68. The minimum atomic E-state index is 0.0243. The minimum absolute atomic E-state index is 0.0243. The maximum atomic E-state index is 11.9. The van der Waals surface area contributed by atoms with Crippen LogP contribution in [0.2, 0.25) is 0 Å². The molecule has 1 amide bonds. The van der Waals surface area contributed by atoms with Gasteiger partial charge in [0.05, 0.1) is 12.0 Å². The average molecular weight is 308 g/mol. The van der Waals surface area contributed by atoms with E-state index in [1.54, 1.807) is 12.3 Å². The van der Waals surface area contributed by atoms with E-state index < -0.39 is 0 Å². The van der Waals surface area contributed by atoms with Gasteiger partial charge in [0.2, 0.25) is 5.91 Å². The molecule has 0 fully saturated rings. The van der Waals surface area contributed by atoms with Crippen LogP contribution in [0.15, 0.2) is 28.0 Å². The van der Waals surface area contributed by atoms with E-state index in [1.807, 2.05) is 17.7 Å². The van der Waals surface area contributed by atoms with Crippen molar-refractivity contribution >= 4 is 17.7 Å². The second-order valence-electron chi connectivity index (χ2n) is 4.71. The van der Waals surface area contributed by atoms with Gasteiger partial charge in [-0.15, -0.1) is 10.2 Å². The third-order valence-electron chi connectivity index (χ3n) is 3.26. The van der Waals surface area contributed by atoms with Crippen molar-refractivity contribution in [2.24, 2.45) is 7.05 Å². The highest BCUT2D eigenvalue weighted by Gasteiger charge is 2.15. The number of hydrogen-bond acceptors (Lipinski definition) is 5. The van der Waals surface area contributed by atoms with Gasteiger partial charge < -0.3 is 14.3 Å². The molecule has 1 N–H and O–H groups in total. The highest BCUT2D eigenvalue weighted by molar-refractivity contribution is 7.99. The van der Waals surface area contributed by atoms with Crippen molar-refractivity contribution in [1.29, 1.82) is 0 Å². The van der Waals surface area contributed by atoms with Crippen molar-refractivity contribution in [2.75, 3.05) is 5.75 Å². The van der Waals surface area contributed by atoms with E-state index >= 15 is 0 Å². The molecule has 0 saturated carbocycles. The Morgan fingerprint density at radius 1 is 1.43 bits per heavy atom. The van der Waals surface area contributed by atoms with Gasteiger partial charge in [-0.05, 0) is 25.0 Å². The normalized spacial score (nSPS) is 11.0. The standard InChI is InChI=1S/C14H20N4O2S/c1-4-10(5-2)15-12(19)9-21-14-17-16-13(18(14)3)11-7-6-8-20-11/h6-8,10H,4-5,9H2,1-3H3,(H,15,19). The van der Waals surface area contributed by atoms with Gasteiger partial charge in [-0.1, -0.05) is 25.6 Å². The highest BCUT2D eigenvalue weighted by atomic mass is 32.2. The predicted octanol–water partition coefficient (Wildman–Crippen LogP) is 2.47. The number of rotatable bonds is 7. The molecule has 0 aromatic carbocycles. The Labute approximate surface area is 128 Å². The van der Waals surface area contributed by atoms with Crippen molar-refractivity contribution in [2.45, 2.75) is 37.9 Å². The summed E-state index contributed by atoms with van der Waals surface area (Å²) in [5.74, 6) is 1.68. The zero-order valence-corrected chi connectivity index (χ0v) is 13.3. The van der Waals surface area contributed by atoms with Crippen molar-refractivity contribution in [3.63, 3.8) is 0 Å². The van der Waals surface area contributed by atoms with Crippen LogP contribution in [-0.4, -0.2) is 32.5 Å². The quantitative estimate of drug-likeness (QED) is 0.795. The average Bonchev–Trinajstić information content (AvgIpc) is 3.12. The Kier molecular flexibility index (Phi) is 5.44. The summed E-state index contributed by atoms with van der Waals surface area (Å²) in [6.45, 7) is 4.14. The molecule has 2 aromatic heterocycles. The number of hydrogen-bond donors (Lipinski definition) is 1. The first-order chi connectivity index (χ1) is 10.2. The maximum absolute atomic E-state index is 11.9. The topological polar surface area (TPSA) is 73.0 Å². The molecule has 0 saturated heterocycles. The van der Waals surface area contributed by atoms with Crippen LogP contribution in [-0.2, 0) is 11.8 Å². The van der Waals surface area contributed by atoms with Gasteiger partial charge in [0.25, 0.3) is 0 Å². The molecule has 0 unspecified atom stereocenters. The van der Waals surface area contributed by atoms with Crippen LogP contribution in [0.1, 0.15) is 26.7 Å². The summed E-state index contributed by atoms with van der Waals surface area (Å²) >= 11 is 1.37. The van der Waals surface area contributed by atoms with Crippen LogP contribution in [0.5, 0.6) is 0 Å². The van der Waals surface area contributed by atoms with E-state index in [1.165, 1.54) is 11.8 Å². The van der Waals surface area contributed by atoms with Crippen LogP contribution in [0, 0.1) is 0 Å². The molecule has 21 heavy (non-hydrogen) atoms. The summed E-state index contributed by atoms with van der Waals surface area (Å²) in [6, 6.07) is 3.88. The molecule has 0 atom stereocenters. The molecule has 2 heterocycles. The molecule has 7 heteroatoms. The number of nitrogens with one attached hydrogen (secondary N) is 1. The summed E-state index contributed by atoms with van der Waals surface area (Å²) in [6.07, 6.45) is 3.49. The second kappa shape index (κ2) is 7.31.